The van der Waals surface area contributed by atoms with Gasteiger partial charge in [0.05, 0.1) is 18.8 Å². The Labute approximate surface area is 126 Å². The van der Waals surface area contributed by atoms with Gasteiger partial charge in [0.2, 0.25) is 0 Å². The lowest BCUT2D eigenvalue weighted by Gasteiger charge is -2.36. The van der Waals surface area contributed by atoms with Crippen LogP contribution in [-0.4, -0.2) is 49.3 Å². The summed E-state index contributed by atoms with van der Waals surface area (Å²) in [5, 5.41) is 6.03. The molecule has 21 heavy (non-hydrogen) atoms. The zero-order valence-corrected chi connectivity index (χ0v) is 12.7. The molecule has 1 saturated heterocycles. The second kappa shape index (κ2) is 6.52. The highest BCUT2D eigenvalue weighted by Crippen LogP contribution is 2.28. The number of hydrogen-bond donors (Lipinski definition) is 1. The predicted molar refractivity (Wildman–Crippen MR) is 85.4 cm³/mol. The molecule has 0 amide bonds. The van der Waals surface area contributed by atoms with Gasteiger partial charge in [-0.1, -0.05) is 31.2 Å². The number of ether oxygens (including phenoxy) is 1. The smallest absolute Gasteiger partial charge is 0.0897 e. The van der Waals surface area contributed by atoms with E-state index in [0.717, 1.165) is 26.2 Å². The summed E-state index contributed by atoms with van der Waals surface area (Å²) < 4.78 is 6.03. The molecule has 2 unspecified atom stereocenters. The second-order valence-electron chi connectivity index (χ2n) is 5.66. The summed E-state index contributed by atoms with van der Waals surface area (Å²) in [4.78, 5) is 6.75. The fourth-order valence-electron chi connectivity index (χ4n) is 3.06. The maximum Gasteiger partial charge on any atom is 0.0897 e. The molecule has 0 aliphatic carbocycles. The number of rotatable bonds is 4. The van der Waals surface area contributed by atoms with Crippen molar-refractivity contribution in [1.82, 2.24) is 15.2 Å². The van der Waals surface area contributed by atoms with Gasteiger partial charge >= 0.3 is 0 Å². The Morgan fingerprint density at radius 1 is 1.38 bits per heavy atom. The van der Waals surface area contributed by atoms with Gasteiger partial charge in [0.25, 0.3) is 0 Å². The van der Waals surface area contributed by atoms with Gasteiger partial charge < -0.3 is 15.0 Å². The molecule has 2 heterocycles. The number of likely N-dealkylation sites (N-methyl/N-ethyl adjacent to an activating group) is 2. The molecule has 1 aliphatic heterocycles. The van der Waals surface area contributed by atoms with Crippen LogP contribution in [0.5, 0.6) is 0 Å². The SMILES string of the molecule is CCNC(c1cncc2ccccc12)C1CN(C)CCO1. The lowest BCUT2D eigenvalue weighted by atomic mass is 9.96. The number of benzene rings is 1. The number of nitrogens with one attached hydrogen (secondary N) is 1. The Morgan fingerprint density at radius 2 is 2.24 bits per heavy atom. The number of aromatic nitrogens is 1. The van der Waals surface area contributed by atoms with Crippen LogP contribution in [0.25, 0.3) is 10.8 Å². The van der Waals surface area contributed by atoms with Crippen molar-refractivity contribution >= 4 is 10.8 Å². The van der Waals surface area contributed by atoms with Crippen molar-refractivity contribution < 1.29 is 4.74 Å². The summed E-state index contributed by atoms with van der Waals surface area (Å²) in [6.45, 7) is 5.79. The van der Waals surface area contributed by atoms with Crippen LogP contribution in [-0.2, 0) is 4.74 Å². The van der Waals surface area contributed by atoms with E-state index in [9.17, 15) is 0 Å². The highest BCUT2D eigenvalue weighted by Gasteiger charge is 2.28. The number of fused-ring (bicyclic) bond motifs is 1. The minimum Gasteiger partial charge on any atom is -0.374 e. The van der Waals surface area contributed by atoms with E-state index in [1.807, 2.05) is 12.4 Å². The monoisotopic (exact) mass is 285 g/mol. The van der Waals surface area contributed by atoms with E-state index in [2.05, 4.69) is 53.4 Å². The van der Waals surface area contributed by atoms with Gasteiger partial charge in [0.1, 0.15) is 0 Å². The Balaban J connectivity index is 1.98. The van der Waals surface area contributed by atoms with E-state index >= 15 is 0 Å². The third kappa shape index (κ3) is 3.07. The summed E-state index contributed by atoms with van der Waals surface area (Å²) in [6, 6.07) is 8.60. The zero-order chi connectivity index (χ0) is 14.7. The average molecular weight is 285 g/mol. The van der Waals surface area contributed by atoms with E-state index in [4.69, 9.17) is 4.74 Å². The van der Waals surface area contributed by atoms with Crippen LogP contribution in [0.1, 0.15) is 18.5 Å². The van der Waals surface area contributed by atoms with Gasteiger partial charge in [-0.05, 0) is 24.5 Å². The predicted octanol–water partition coefficient (Wildman–Crippen LogP) is 2.22. The topological polar surface area (TPSA) is 37.4 Å². The van der Waals surface area contributed by atoms with E-state index in [1.165, 1.54) is 16.3 Å². The fraction of sp³-hybridized carbons (Fsp3) is 0.471. The van der Waals surface area contributed by atoms with E-state index < -0.39 is 0 Å². The Bertz CT molecular complexity index is 596. The number of morpholine rings is 1. The molecule has 1 aromatic carbocycles. The summed E-state index contributed by atoms with van der Waals surface area (Å²) in [5.41, 5.74) is 1.23. The Morgan fingerprint density at radius 3 is 3.05 bits per heavy atom. The molecule has 1 aliphatic rings. The van der Waals surface area contributed by atoms with Crippen molar-refractivity contribution in [3.63, 3.8) is 0 Å². The van der Waals surface area contributed by atoms with Crippen molar-refractivity contribution in [2.24, 2.45) is 0 Å². The lowest BCUT2D eigenvalue weighted by molar-refractivity contribution is -0.0388. The first-order valence-electron chi connectivity index (χ1n) is 7.65. The highest BCUT2D eigenvalue weighted by molar-refractivity contribution is 5.85. The molecule has 1 N–H and O–H groups in total. The van der Waals surface area contributed by atoms with Crippen LogP contribution in [0.4, 0.5) is 0 Å². The van der Waals surface area contributed by atoms with Crippen LogP contribution in [0, 0.1) is 0 Å². The summed E-state index contributed by atoms with van der Waals surface area (Å²) in [5.74, 6) is 0. The molecule has 2 aromatic rings. The molecule has 1 fully saturated rings. The maximum absolute atomic E-state index is 6.03. The molecule has 3 rings (SSSR count). The van der Waals surface area contributed by atoms with Gasteiger partial charge in [-0.3, -0.25) is 4.98 Å². The number of nitrogens with zero attached hydrogens (tertiary/aromatic N) is 2. The van der Waals surface area contributed by atoms with E-state index in [-0.39, 0.29) is 12.1 Å². The first-order valence-corrected chi connectivity index (χ1v) is 7.65. The molecule has 2 atom stereocenters. The molecule has 0 saturated carbocycles. The average Bonchev–Trinajstić information content (AvgIpc) is 2.52. The molecule has 0 bridgehead atoms. The highest BCUT2D eigenvalue weighted by atomic mass is 16.5. The third-order valence-corrected chi connectivity index (χ3v) is 4.13. The summed E-state index contributed by atoms with van der Waals surface area (Å²) in [6.07, 6.45) is 4.07. The minimum absolute atomic E-state index is 0.163. The maximum atomic E-state index is 6.03. The van der Waals surface area contributed by atoms with Crippen LogP contribution < -0.4 is 5.32 Å². The van der Waals surface area contributed by atoms with Crippen molar-refractivity contribution in [3.8, 4) is 0 Å². The molecular weight excluding hydrogens is 262 g/mol. The number of pyridine rings is 1. The lowest BCUT2D eigenvalue weighted by Crippen LogP contribution is -2.46. The third-order valence-electron chi connectivity index (χ3n) is 4.13. The first kappa shape index (κ1) is 14.4. The van der Waals surface area contributed by atoms with Crippen LogP contribution in [0.2, 0.25) is 0 Å². The van der Waals surface area contributed by atoms with E-state index in [1.54, 1.807) is 0 Å². The van der Waals surface area contributed by atoms with Crippen LogP contribution >= 0.6 is 0 Å². The molecular formula is C17H23N3O. The first-order chi connectivity index (χ1) is 10.3. The minimum atomic E-state index is 0.163. The van der Waals surface area contributed by atoms with Gasteiger partial charge in [-0.25, -0.2) is 0 Å². The van der Waals surface area contributed by atoms with Crippen molar-refractivity contribution in [3.05, 3.63) is 42.2 Å². The Kier molecular flexibility index (Phi) is 4.48. The molecule has 0 spiro atoms. The zero-order valence-electron chi connectivity index (χ0n) is 12.7. The fourth-order valence-corrected chi connectivity index (χ4v) is 3.06. The van der Waals surface area contributed by atoms with Gasteiger partial charge in [0, 0.05) is 30.9 Å². The molecule has 4 nitrogen and oxygen atoms in total. The van der Waals surface area contributed by atoms with Crippen molar-refractivity contribution in [2.75, 3.05) is 33.3 Å². The van der Waals surface area contributed by atoms with Crippen molar-refractivity contribution in [1.29, 1.82) is 0 Å². The molecule has 4 heteroatoms. The largest absolute Gasteiger partial charge is 0.374 e. The van der Waals surface area contributed by atoms with Crippen molar-refractivity contribution in [2.45, 2.75) is 19.1 Å². The summed E-state index contributed by atoms with van der Waals surface area (Å²) >= 11 is 0. The number of hydrogen-bond acceptors (Lipinski definition) is 4. The van der Waals surface area contributed by atoms with Crippen LogP contribution in [0.15, 0.2) is 36.7 Å². The second-order valence-corrected chi connectivity index (χ2v) is 5.66. The van der Waals surface area contributed by atoms with Gasteiger partial charge in [-0.2, -0.15) is 0 Å². The van der Waals surface area contributed by atoms with Crippen LogP contribution in [0.3, 0.4) is 0 Å². The van der Waals surface area contributed by atoms with Gasteiger partial charge in [0.15, 0.2) is 0 Å². The van der Waals surface area contributed by atoms with Gasteiger partial charge in [-0.15, -0.1) is 0 Å². The Hall–Kier alpha value is -1.49. The van der Waals surface area contributed by atoms with E-state index in [0.29, 0.717) is 0 Å². The normalized spacial score (nSPS) is 21.5. The standard InChI is InChI=1S/C17H23N3O/c1-3-19-17(16-12-20(2)8-9-21-16)15-11-18-10-13-6-4-5-7-14(13)15/h4-7,10-11,16-17,19H,3,8-9,12H2,1-2H3. The summed E-state index contributed by atoms with van der Waals surface area (Å²) in [7, 11) is 2.15. The molecule has 1 aromatic heterocycles. The molecule has 112 valence electrons. The molecule has 0 radical (unpaired) electrons. The quantitative estimate of drug-likeness (QED) is 0.934.